The highest BCUT2D eigenvalue weighted by molar-refractivity contribution is 5.91. The number of furan rings is 1. The number of carboxylic acids is 1. The van der Waals surface area contributed by atoms with Gasteiger partial charge in [-0.05, 0) is 55.4 Å². The maximum absolute atomic E-state index is 12.4. The molecule has 0 saturated heterocycles. The highest BCUT2D eigenvalue weighted by atomic mass is 16.4. The lowest BCUT2D eigenvalue weighted by Crippen LogP contribution is -2.52. The van der Waals surface area contributed by atoms with Gasteiger partial charge in [-0.3, -0.25) is 4.79 Å². The number of carbonyl (C=O) groups is 2. The van der Waals surface area contributed by atoms with Gasteiger partial charge in [-0.1, -0.05) is 12.8 Å². The van der Waals surface area contributed by atoms with Gasteiger partial charge in [0.2, 0.25) is 5.91 Å². The Morgan fingerprint density at radius 3 is 2.54 bits per heavy atom. The van der Waals surface area contributed by atoms with Crippen LogP contribution in [-0.4, -0.2) is 22.5 Å². The summed E-state index contributed by atoms with van der Waals surface area (Å²) in [6.45, 7) is 0. The molecule has 24 heavy (non-hydrogen) atoms. The van der Waals surface area contributed by atoms with Crippen LogP contribution in [0.5, 0.6) is 0 Å². The van der Waals surface area contributed by atoms with E-state index in [1.165, 1.54) is 17.5 Å². The van der Waals surface area contributed by atoms with Crippen LogP contribution < -0.4 is 5.32 Å². The highest BCUT2D eigenvalue weighted by Crippen LogP contribution is 2.32. The Kier molecular flexibility index (Phi) is 3.59. The number of nitrogens with one attached hydrogen (secondary N) is 1. The van der Waals surface area contributed by atoms with Crippen molar-refractivity contribution < 1.29 is 19.1 Å². The third kappa shape index (κ3) is 2.48. The molecule has 2 aliphatic rings. The minimum atomic E-state index is -1.09. The van der Waals surface area contributed by atoms with Crippen molar-refractivity contribution in [1.82, 2.24) is 5.32 Å². The van der Waals surface area contributed by atoms with E-state index >= 15 is 0 Å². The Morgan fingerprint density at radius 2 is 1.83 bits per heavy atom. The molecule has 1 amide bonds. The van der Waals surface area contributed by atoms with Gasteiger partial charge in [0.1, 0.15) is 11.1 Å². The molecule has 0 radical (unpaired) electrons. The molecular weight excluding hydrogens is 306 g/mol. The number of rotatable bonds is 4. The van der Waals surface area contributed by atoms with E-state index in [-0.39, 0.29) is 12.3 Å². The molecule has 5 nitrogen and oxygen atoms in total. The zero-order valence-electron chi connectivity index (χ0n) is 13.6. The fraction of sp³-hybridized carbons (Fsp3) is 0.474. The van der Waals surface area contributed by atoms with Gasteiger partial charge < -0.3 is 14.8 Å². The molecule has 1 aromatic heterocycles. The molecule has 1 heterocycles. The van der Waals surface area contributed by atoms with E-state index in [1.807, 2.05) is 0 Å². The second kappa shape index (κ2) is 5.65. The summed E-state index contributed by atoms with van der Waals surface area (Å²) < 4.78 is 5.62. The molecule has 0 unspecified atom stereocenters. The average molecular weight is 327 g/mol. The lowest BCUT2D eigenvalue weighted by molar-refractivity contribution is -0.147. The molecule has 2 aliphatic carbocycles. The van der Waals surface area contributed by atoms with Gasteiger partial charge in [-0.2, -0.15) is 0 Å². The second-order valence-electron chi connectivity index (χ2n) is 7.05. The Bertz CT molecular complexity index is 814. The lowest BCUT2D eigenvalue weighted by atomic mass is 9.97. The first-order valence-corrected chi connectivity index (χ1v) is 8.64. The molecule has 1 fully saturated rings. The van der Waals surface area contributed by atoms with Crippen molar-refractivity contribution in [3.8, 4) is 0 Å². The van der Waals surface area contributed by atoms with Crippen molar-refractivity contribution in [3.63, 3.8) is 0 Å². The first kappa shape index (κ1) is 15.2. The minimum absolute atomic E-state index is 0.154. The van der Waals surface area contributed by atoms with Gasteiger partial charge in [0.25, 0.3) is 0 Å². The number of carbonyl (C=O) groups excluding carboxylic acids is 1. The standard InChI is InChI=1S/C19H21NO4/c21-17(20-19(18(22)23)6-1-2-7-19)10-14-11-24-16-9-13-5-3-4-12(13)8-15(14)16/h8-9,11H,1-7,10H2,(H,20,21)(H,22,23). The smallest absolute Gasteiger partial charge is 0.329 e. The Labute approximate surface area is 140 Å². The molecule has 0 atom stereocenters. The molecule has 0 aliphatic heterocycles. The third-order valence-corrected chi connectivity index (χ3v) is 5.46. The van der Waals surface area contributed by atoms with Crippen LogP contribution in [0, 0.1) is 0 Å². The van der Waals surface area contributed by atoms with E-state index in [0.717, 1.165) is 42.2 Å². The monoisotopic (exact) mass is 327 g/mol. The number of aryl methyl sites for hydroxylation is 2. The molecular formula is C19H21NO4. The summed E-state index contributed by atoms with van der Waals surface area (Å²) >= 11 is 0. The molecule has 2 N–H and O–H groups in total. The fourth-order valence-electron chi connectivity index (χ4n) is 4.14. The summed E-state index contributed by atoms with van der Waals surface area (Å²) in [5.74, 6) is -1.18. The van der Waals surface area contributed by atoms with Crippen molar-refractivity contribution in [1.29, 1.82) is 0 Å². The van der Waals surface area contributed by atoms with Crippen molar-refractivity contribution in [2.45, 2.75) is 56.9 Å². The number of carboxylic acid groups (broad SMARTS) is 1. The van der Waals surface area contributed by atoms with Crippen LogP contribution in [0.4, 0.5) is 0 Å². The zero-order valence-corrected chi connectivity index (χ0v) is 13.6. The number of hydrogen-bond acceptors (Lipinski definition) is 3. The van der Waals surface area contributed by atoms with Crippen LogP contribution in [0.1, 0.15) is 48.8 Å². The van der Waals surface area contributed by atoms with Gasteiger partial charge in [-0.15, -0.1) is 0 Å². The van der Waals surface area contributed by atoms with E-state index in [2.05, 4.69) is 17.4 Å². The van der Waals surface area contributed by atoms with Crippen molar-refractivity contribution in [3.05, 3.63) is 35.1 Å². The Balaban J connectivity index is 1.56. The number of hydrogen-bond donors (Lipinski definition) is 2. The molecule has 1 saturated carbocycles. The van der Waals surface area contributed by atoms with Gasteiger partial charge >= 0.3 is 5.97 Å². The number of fused-ring (bicyclic) bond motifs is 2. The summed E-state index contributed by atoms with van der Waals surface area (Å²) in [6, 6.07) is 4.21. The average Bonchev–Trinajstić information content (AvgIpc) is 3.26. The van der Waals surface area contributed by atoms with Gasteiger partial charge in [0.15, 0.2) is 0 Å². The fourth-order valence-corrected chi connectivity index (χ4v) is 4.14. The van der Waals surface area contributed by atoms with Crippen LogP contribution in [0.15, 0.2) is 22.8 Å². The van der Waals surface area contributed by atoms with E-state index in [0.29, 0.717) is 12.8 Å². The lowest BCUT2D eigenvalue weighted by Gasteiger charge is -2.25. The molecule has 1 aromatic carbocycles. The first-order valence-electron chi connectivity index (χ1n) is 8.64. The summed E-state index contributed by atoms with van der Waals surface area (Å²) in [5, 5.41) is 13.2. The maximum Gasteiger partial charge on any atom is 0.329 e. The minimum Gasteiger partial charge on any atom is -0.480 e. The van der Waals surface area contributed by atoms with Crippen molar-refractivity contribution in [2.24, 2.45) is 0 Å². The predicted octanol–water partition coefficient (Wildman–Crippen LogP) is 2.98. The van der Waals surface area contributed by atoms with E-state index in [4.69, 9.17) is 4.42 Å². The van der Waals surface area contributed by atoms with E-state index in [1.54, 1.807) is 6.26 Å². The maximum atomic E-state index is 12.4. The summed E-state index contributed by atoms with van der Waals surface area (Å²) in [4.78, 5) is 24.0. The topological polar surface area (TPSA) is 79.5 Å². The van der Waals surface area contributed by atoms with Crippen LogP contribution >= 0.6 is 0 Å². The normalized spacial score (nSPS) is 18.7. The zero-order chi connectivity index (χ0) is 16.7. The van der Waals surface area contributed by atoms with Crippen LogP contribution in [0.2, 0.25) is 0 Å². The second-order valence-corrected chi connectivity index (χ2v) is 7.05. The molecule has 4 rings (SSSR count). The Morgan fingerprint density at radius 1 is 1.12 bits per heavy atom. The molecule has 0 bridgehead atoms. The summed E-state index contributed by atoms with van der Waals surface area (Å²) in [6.07, 6.45) is 7.80. The summed E-state index contributed by atoms with van der Waals surface area (Å²) in [7, 11) is 0. The van der Waals surface area contributed by atoms with Gasteiger partial charge in [-0.25, -0.2) is 4.79 Å². The number of aliphatic carboxylic acids is 1. The molecule has 5 heteroatoms. The number of benzene rings is 1. The van der Waals surface area contributed by atoms with Gasteiger partial charge in [0.05, 0.1) is 12.7 Å². The quantitative estimate of drug-likeness (QED) is 0.905. The van der Waals surface area contributed by atoms with E-state index in [9.17, 15) is 14.7 Å². The highest BCUT2D eigenvalue weighted by Gasteiger charge is 2.42. The van der Waals surface area contributed by atoms with Crippen molar-refractivity contribution >= 4 is 22.8 Å². The number of amides is 1. The Hall–Kier alpha value is -2.30. The molecule has 126 valence electrons. The van der Waals surface area contributed by atoms with Crippen LogP contribution in [-0.2, 0) is 28.9 Å². The van der Waals surface area contributed by atoms with Gasteiger partial charge in [0, 0.05) is 10.9 Å². The first-order chi connectivity index (χ1) is 11.6. The molecule has 0 spiro atoms. The molecule has 2 aromatic rings. The van der Waals surface area contributed by atoms with Crippen LogP contribution in [0.3, 0.4) is 0 Å². The predicted molar refractivity (Wildman–Crippen MR) is 88.9 cm³/mol. The largest absolute Gasteiger partial charge is 0.480 e. The summed E-state index contributed by atoms with van der Waals surface area (Å²) in [5.41, 5.74) is 3.23. The van der Waals surface area contributed by atoms with Crippen LogP contribution in [0.25, 0.3) is 11.0 Å². The third-order valence-electron chi connectivity index (χ3n) is 5.46. The van der Waals surface area contributed by atoms with Crippen molar-refractivity contribution in [2.75, 3.05) is 0 Å². The van der Waals surface area contributed by atoms with E-state index < -0.39 is 11.5 Å². The SMILES string of the molecule is O=C(Cc1coc2cc3c(cc12)CCC3)NC1(C(=O)O)CCCC1.